The molecule has 0 bridgehead atoms. The quantitative estimate of drug-likeness (QED) is 0.502. The second kappa shape index (κ2) is 11.1. The summed E-state index contributed by atoms with van der Waals surface area (Å²) in [5, 5.41) is 2.63. The van der Waals surface area contributed by atoms with Crippen LogP contribution in [0.2, 0.25) is 0 Å². The Morgan fingerprint density at radius 1 is 1.09 bits per heavy atom. The summed E-state index contributed by atoms with van der Waals surface area (Å²) in [7, 11) is -1.53. The van der Waals surface area contributed by atoms with E-state index < -0.39 is 38.5 Å². The first kappa shape index (κ1) is 26.1. The molecule has 0 aliphatic heterocycles. The topological polar surface area (TPSA) is 105 Å². The Morgan fingerprint density at radius 3 is 2.45 bits per heavy atom. The van der Waals surface area contributed by atoms with Crippen LogP contribution in [-0.4, -0.2) is 59.0 Å². The van der Waals surface area contributed by atoms with E-state index in [-0.39, 0.29) is 17.8 Å². The summed E-state index contributed by atoms with van der Waals surface area (Å²) in [5.41, 5.74) is -1.32. The van der Waals surface area contributed by atoms with Gasteiger partial charge in [0.1, 0.15) is 0 Å². The Morgan fingerprint density at radius 2 is 1.79 bits per heavy atom. The van der Waals surface area contributed by atoms with E-state index in [0.717, 1.165) is 23.1 Å². The SMILES string of the molecule is COCCCNC(=O)CN(C)C(=O)c1ccccc1NS(=O)(=O)c1cccc(C(F)(F)F)c1. The minimum atomic E-state index is -4.72. The zero-order chi connectivity index (χ0) is 24.6. The highest BCUT2D eigenvalue weighted by Gasteiger charge is 2.32. The maximum absolute atomic E-state index is 13.0. The number of hydrogen-bond acceptors (Lipinski definition) is 5. The zero-order valence-electron chi connectivity index (χ0n) is 18.0. The van der Waals surface area contributed by atoms with E-state index >= 15 is 0 Å². The summed E-state index contributed by atoms with van der Waals surface area (Å²) in [6.07, 6.45) is -4.12. The molecule has 0 heterocycles. The molecule has 0 aliphatic carbocycles. The molecule has 2 aromatic carbocycles. The number of benzene rings is 2. The van der Waals surface area contributed by atoms with Gasteiger partial charge >= 0.3 is 6.18 Å². The Labute approximate surface area is 189 Å². The number of nitrogens with one attached hydrogen (secondary N) is 2. The molecule has 0 radical (unpaired) electrons. The number of likely N-dealkylation sites (N-methyl/N-ethyl adjacent to an activating group) is 1. The van der Waals surface area contributed by atoms with Gasteiger partial charge in [-0.3, -0.25) is 14.3 Å². The third-order valence-electron chi connectivity index (χ3n) is 4.45. The number of rotatable bonds is 10. The average molecular weight is 488 g/mol. The molecule has 0 unspecified atom stereocenters. The molecule has 0 aromatic heterocycles. The lowest BCUT2D eigenvalue weighted by Crippen LogP contribution is -2.39. The third-order valence-corrected chi connectivity index (χ3v) is 5.81. The van der Waals surface area contributed by atoms with Gasteiger partial charge in [-0.2, -0.15) is 13.2 Å². The van der Waals surface area contributed by atoms with Crippen LogP contribution in [0.1, 0.15) is 22.3 Å². The molecular weight excluding hydrogens is 463 g/mol. The Bertz CT molecular complexity index is 1090. The number of halogens is 3. The summed E-state index contributed by atoms with van der Waals surface area (Å²) in [6.45, 7) is 0.553. The standard InChI is InChI=1S/C21H24F3N3O5S/c1-27(14-19(28)25-11-6-12-32-2)20(29)17-9-3-4-10-18(17)26-33(30,31)16-8-5-7-15(13-16)21(22,23)24/h3-5,7-10,13,26H,6,11-12,14H2,1-2H3,(H,25,28). The van der Waals surface area contributed by atoms with Crippen molar-refractivity contribution in [3.05, 3.63) is 59.7 Å². The van der Waals surface area contributed by atoms with Crippen LogP contribution in [0.5, 0.6) is 0 Å². The van der Waals surface area contributed by atoms with Crippen molar-refractivity contribution in [2.45, 2.75) is 17.5 Å². The van der Waals surface area contributed by atoms with Crippen molar-refractivity contribution in [2.75, 3.05) is 38.6 Å². The summed E-state index contributed by atoms with van der Waals surface area (Å²) in [6, 6.07) is 8.86. The van der Waals surface area contributed by atoms with Gasteiger partial charge in [-0.1, -0.05) is 18.2 Å². The number of methoxy groups -OCH3 is 1. The molecule has 33 heavy (non-hydrogen) atoms. The number of hydrogen-bond donors (Lipinski definition) is 2. The summed E-state index contributed by atoms with van der Waals surface area (Å²) in [4.78, 5) is 25.3. The minimum Gasteiger partial charge on any atom is -0.385 e. The Hall–Kier alpha value is -3.12. The Balaban J connectivity index is 2.18. The highest BCUT2D eigenvalue weighted by Crippen LogP contribution is 2.31. The van der Waals surface area contributed by atoms with Gasteiger partial charge in [-0.05, 0) is 36.8 Å². The van der Waals surface area contributed by atoms with Crippen LogP contribution >= 0.6 is 0 Å². The van der Waals surface area contributed by atoms with Gasteiger partial charge in [-0.15, -0.1) is 0 Å². The van der Waals surface area contributed by atoms with Crippen molar-refractivity contribution in [1.82, 2.24) is 10.2 Å². The molecule has 0 saturated carbocycles. The zero-order valence-corrected chi connectivity index (χ0v) is 18.8. The van der Waals surface area contributed by atoms with Crippen LogP contribution in [0, 0.1) is 0 Å². The van der Waals surface area contributed by atoms with Gasteiger partial charge in [0, 0.05) is 27.3 Å². The molecule has 0 spiro atoms. The van der Waals surface area contributed by atoms with E-state index in [1.807, 2.05) is 0 Å². The molecule has 0 saturated heterocycles. The molecule has 0 atom stereocenters. The van der Waals surface area contributed by atoms with Gasteiger partial charge in [0.05, 0.1) is 28.3 Å². The maximum atomic E-state index is 13.0. The normalized spacial score (nSPS) is 11.7. The van der Waals surface area contributed by atoms with Crippen LogP contribution in [-0.2, 0) is 25.7 Å². The van der Waals surface area contributed by atoms with Crippen molar-refractivity contribution in [3.8, 4) is 0 Å². The van der Waals surface area contributed by atoms with E-state index in [4.69, 9.17) is 4.74 Å². The fraction of sp³-hybridized carbons (Fsp3) is 0.333. The predicted molar refractivity (Wildman–Crippen MR) is 115 cm³/mol. The monoisotopic (exact) mass is 487 g/mol. The van der Waals surface area contributed by atoms with Gasteiger partial charge in [0.2, 0.25) is 5.91 Å². The van der Waals surface area contributed by atoms with Crippen molar-refractivity contribution >= 4 is 27.5 Å². The minimum absolute atomic E-state index is 0.0669. The predicted octanol–water partition coefficient (Wildman–Crippen LogP) is 2.73. The molecule has 12 heteroatoms. The van der Waals surface area contributed by atoms with Gasteiger partial charge in [0.25, 0.3) is 15.9 Å². The lowest BCUT2D eigenvalue weighted by Gasteiger charge is -2.19. The average Bonchev–Trinajstić information content (AvgIpc) is 2.76. The smallest absolute Gasteiger partial charge is 0.385 e. The number of sulfonamides is 1. The second-order valence-electron chi connectivity index (χ2n) is 7.03. The summed E-state index contributed by atoms with van der Waals surface area (Å²) < 4.78 is 71.3. The van der Waals surface area contributed by atoms with Crippen LogP contribution in [0.15, 0.2) is 53.4 Å². The number of ether oxygens (including phenoxy) is 1. The number of amides is 2. The van der Waals surface area contributed by atoms with Crippen molar-refractivity contribution in [3.63, 3.8) is 0 Å². The van der Waals surface area contributed by atoms with Crippen LogP contribution in [0.3, 0.4) is 0 Å². The largest absolute Gasteiger partial charge is 0.416 e. The second-order valence-corrected chi connectivity index (χ2v) is 8.72. The van der Waals surface area contributed by atoms with Crippen LogP contribution in [0.25, 0.3) is 0 Å². The van der Waals surface area contributed by atoms with E-state index in [0.29, 0.717) is 25.6 Å². The molecule has 2 amide bonds. The van der Waals surface area contributed by atoms with Crippen molar-refractivity contribution < 1.29 is 35.9 Å². The number of para-hydroxylation sites is 1. The van der Waals surface area contributed by atoms with Crippen molar-refractivity contribution in [1.29, 1.82) is 0 Å². The first-order valence-electron chi connectivity index (χ1n) is 9.76. The van der Waals surface area contributed by atoms with Gasteiger partial charge in [-0.25, -0.2) is 8.42 Å². The van der Waals surface area contributed by atoms with E-state index in [1.165, 1.54) is 38.4 Å². The van der Waals surface area contributed by atoms with Crippen molar-refractivity contribution in [2.24, 2.45) is 0 Å². The molecule has 8 nitrogen and oxygen atoms in total. The summed E-state index contributed by atoms with van der Waals surface area (Å²) in [5.74, 6) is -1.06. The third kappa shape index (κ3) is 7.46. The number of alkyl halides is 3. The molecule has 0 fully saturated rings. The lowest BCUT2D eigenvalue weighted by atomic mass is 10.1. The van der Waals surface area contributed by atoms with E-state index in [9.17, 15) is 31.2 Å². The highest BCUT2D eigenvalue weighted by atomic mass is 32.2. The van der Waals surface area contributed by atoms with E-state index in [1.54, 1.807) is 0 Å². The molecule has 2 N–H and O–H groups in total. The van der Waals surface area contributed by atoms with Gasteiger partial charge in [0.15, 0.2) is 0 Å². The Kier molecular flexibility index (Phi) is 8.83. The van der Waals surface area contributed by atoms with Gasteiger partial charge < -0.3 is 15.0 Å². The number of carbonyl (C=O) groups excluding carboxylic acids is 2. The van der Waals surface area contributed by atoms with Crippen LogP contribution in [0.4, 0.5) is 18.9 Å². The molecule has 2 aromatic rings. The number of anilines is 1. The first-order valence-corrected chi connectivity index (χ1v) is 11.2. The highest BCUT2D eigenvalue weighted by molar-refractivity contribution is 7.92. The molecule has 180 valence electrons. The molecule has 2 rings (SSSR count). The lowest BCUT2D eigenvalue weighted by molar-refractivity contribution is -0.137. The van der Waals surface area contributed by atoms with Crippen LogP contribution < -0.4 is 10.0 Å². The first-order chi connectivity index (χ1) is 15.5. The fourth-order valence-electron chi connectivity index (χ4n) is 2.79. The van der Waals surface area contributed by atoms with E-state index in [2.05, 4.69) is 10.0 Å². The molecule has 0 aliphatic rings. The fourth-order valence-corrected chi connectivity index (χ4v) is 3.92. The number of nitrogens with zero attached hydrogens (tertiary/aromatic N) is 1. The number of carbonyl (C=O) groups is 2. The molecular formula is C21H24F3N3O5S. The summed E-state index contributed by atoms with van der Waals surface area (Å²) >= 11 is 0. The maximum Gasteiger partial charge on any atom is 0.416 e.